The molecular weight excluding hydrogens is 292 g/mol. The summed E-state index contributed by atoms with van der Waals surface area (Å²) in [5.41, 5.74) is 4.85. The van der Waals surface area contributed by atoms with E-state index in [4.69, 9.17) is 9.47 Å². The number of para-hydroxylation sites is 2. The molecule has 0 fully saturated rings. The van der Waals surface area contributed by atoms with Crippen LogP contribution < -0.4 is 9.47 Å². The van der Waals surface area contributed by atoms with Gasteiger partial charge in [-0.15, -0.1) is 0 Å². The minimum atomic E-state index is 0.252. The Hall–Kier alpha value is -1.87. The van der Waals surface area contributed by atoms with E-state index < -0.39 is 0 Å². The molecule has 1 atom stereocenters. The summed E-state index contributed by atoms with van der Waals surface area (Å²) in [5, 5.41) is 0.456. The fourth-order valence-electron chi connectivity index (χ4n) is 3.25. The smallest absolute Gasteiger partial charge is 0.230 e. The average molecular weight is 311 g/mol. The molecule has 0 amide bonds. The number of rotatable bonds is 1. The second-order valence-corrected chi connectivity index (χ2v) is 8.24. The molecule has 0 N–H and O–H groups in total. The molecule has 2 nitrogen and oxygen atoms in total. The summed E-state index contributed by atoms with van der Waals surface area (Å²) < 4.78 is 12.0. The van der Waals surface area contributed by atoms with Crippen molar-refractivity contribution in [2.75, 3.05) is 19.3 Å². The molecule has 2 aliphatic heterocycles. The first-order valence-corrected chi connectivity index (χ1v) is 9.59. The predicted octanol–water partition coefficient (Wildman–Crippen LogP) is 4.06. The minimum absolute atomic E-state index is 0.252. The van der Waals surface area contributed by atoms with Crippen molar-refractivity contribution < 1.29 is 9.47 Å². The van der Waals surface area contributed by atoms with Crippen LogP contribution in [0.4, 0.5) is 0 Å². The summed E-state index contributed by atoms with van der Waals surface area (Å²) in [6.45, 7) is 0.267. The van der Waals surface area contributed by atoms with Gasteiger partial charge in [0.15, 0.2) is 0 Å². The maximum atomic E-state index is 6.03. The Morgan fingerprint density at radius 2 is 1.59 bits per heavy atom. The van der Waals surface area contributed by atoms with Crippen molar-refractivity contribution in [2.24, 2.45) is 0 Å². The summed E-state index contributed by atoms with van der Waals surface area (Å²) in [6, 6.07) is 12.9. The van der Waals surface area contributed by atoms with E-state index in [1.807, 2.05) is 0 Å². The molecular formula is C19H19O2S+. The Bertz CT molecular complexity index is 749. The van der Waals surface area contributed by atoms with Gasteiger partial charge >= 0.3 is 0 Å². The number of benzene rings is 2. The Balaban J connectivity index is 2.04. The van der Waals surface area contributed by atoms with E-state index >= 15 is 0 Å². The van der Waals surface area contributed by atoms with E-state index in [0.717, 1.165) is 29.0 Å². The monoisotopic (exact) mass is 311 g/mol. The van der Waals surface area contributed by atoms with Crippen molar-refractivity contribution in [3.63, 3.8) is 0 Å². The lowest BCUT2D eigenvalue weighted by atomic mass is 9.96. The average Bonchev–Trinajstić information content (AvgIpc) is 2.66. The zero-order valence-electron chi connectivity index (χ0n) is 12.8. The zero-order chi connectivity index (χ0) is 15.1. The lowest BCUT2D eigenvalue weighted by Gasteiger charge is -2.19. The summed E-state index contributed by atoms with van der Waals surface area (Å²) in [5.74, 6) is 1.96. The molecule has 3 heteroatoms. The molecule has 0 aromatic heterocycles. The van der Waals surface area contributed by atoms with E-state index in [9.17, 15) is 0 Å². The first-order valence-electron chi connectivity index (χ1n) is 7.49. The molecule has 2 bridgehead atoms. The largest absolute Gasteiger partial charge is 0.457 e. The van der Waals surface area contributed by atoms with Gasteiger partial charge in [-0.2, -0.15) is 0 Å². The highest BCUT2D eigenvalue weighted by atomic mass is 32.2. The van der Waals surface area contributed by atoms with Crippen LogP contribution in [-0.2, 0) is 17.3 Å². The highest BCUT2D eigenvalue weighted by Crippen LogP contribution is 2.41. The van der Waals surface area contributed by atoms with Crippen LogP contribution in [0.15, 0.2) is 36.4 Å². The Morgan fingerprint density at radius 1 is 0.909 bits per heavy atom. The molecule has 112 valence electrons. The van der Waals surface area contributed by atoms with Crippen molar-refractivity contribution >= 4 is 23.0 Å². The SMILES string of the molecule is C[S+](C)C1Cc2cccc3c2OCOc2c(cccc21)/C=C\3. The van der Waals surface area contributed by atoms with Crippen LogP contribution in [0.3, 0.4) is 0 Å². The molecule has 22 heavy (non-hydrogen) atoms. The van der Waals surface area contributed by atoms with E-state index in [0.29, 0.717) is 5.25 Å². The molecule has 0 radical (unpaired) electrons. The van der Waals surface area contributed by atoms with Crippen molar-refractivity contribution in [1.82, 2.24) is 0 Å². The molecule has 2 heterocycles. The third-order valence-corrected chi connectivity index (χ3v) is 5.93. The Morgan fingerprint density at radius 3 is 2.36 bits per heavy atom. The number of hydrogen-bond acceptors (Lipinski definition) is 2. The summed E-state index contributed by atoms with van der Waals surface area (Å²) >= 11 is 0. The fraction of sp³-hybridized carbons (Fsp3) is 0.263. The van der Waals surface area contributed by atoms with Crippen molar-refractivity contribution in [2.45, 2.75) is 11.7 Å². The molecule has 1 unspecified atom stereocenters. The molecule has 0 saturated carbocycles. The van der Waals surface area contributed by atoms with E-state index in [2.05, 4.69) is 61.1 Å². The van der Waals surface area contributed by atoms with Crippen molar-refractivity contribution in [3.8, 4) is 11.5 Å². The van der Waals surface area contributed by atoms with Gasteiger partial charge in [-0.05, 0) is 10.9 Å². The van der Waals surface area contributed by atoms with E-state index in [1.165, 1.54) is 11.1 Å². The number of hydrogen-bond donors (Lipinski definition) is 0. The standard InChI is InChI=1S/C19H19O2S/c1-22(2)17-11-15-7-3-5-13-9-10-14-6-4-8-16(17)19(14)21-12-20-18(13)15/h3-10,17H,11-12H2,1-2H3/q+1/b10-9-. The van der Waals surface area contributed by atoms with Crippen molar-refractivity contribution in [1.29, 1.82) is 0 Å². The molecule has 0 aliphatic carbocycles. The molecule has 0 spiro atoms. The van der Waals surface area contributed by atoms with Crippen LogP contribution in [0.1, 0.15) is 27.5 Å². The van der Waals surface area contributed by atoms with E-state index in [1.54, 1.807) is 0 Å². The normalized spacial score (nSPS) is 20.0. The Labute approximate surface area is 134 Å². The lowest BCUT2D eigenvalue weighted by molar-refractivity contribution is 0.119. The van der Waals surface area contributed by atoms with Gasteiger partial charge in [0.2, 0.25) is 6.79 Å². The van der Waals surface area contributed by atoms with Gasteiger partial charge in [-0.25, -0.2) is 0 Å². The highest BCUT2D eigenvalue weighted by molar-refractivity contribution is 7.95. The van der Waals surface area contributed by atoms with Gasteiger partial charge in [0.25, 0.3) is 0 Å². The van der Waals surface area contributed by atoms with Gasteiger partial charge < -0.3 is 9.47 Å². The fourth-order valence-corrected chi connectivity index (χ4v) is 4.46. The van der Waals surface area contributed by atoms with Gasteiger partial charge in [0.05, 0.1) is 12.5 Å². The van der Waals surface area contributed by atoms with Gasteiger partial charge in [-0.3, -0.25) is 0 Å². The summed E-state index contributed by atoms with van der Waals surface area (Å²) in [4.78, 5) is 0. The maximum Gasteiger partial charge on any atom is 0.230 e. The summed E-state index contributed by atoms with van der Waals surface area (Å²) in [6.07, 6.45) is 9.89. The number of ether oxygens (including phenoxy) is 2. The van der Waals surface area contributed by atoms with Gasteiger partial charge in [0.1, 0.15) is 16.7 Å². The quantitative estimate of drug-likeness (QED) is 0.739. The minimum Gasteiger partial charge on any atom is -0.457 e. The van der Waals surface area contributed by atoms with Gasteiger partial charge in [0, 0.05) is 28.7 Å². The Kier molecular flexibility index (Phi) is 3.38. The van der Waals surface area contributed by atoms with Crippen LogP contribution in [-0.4, -0.2) is 19.3 Å². The van der Waals surface area contributed by atoms with Gasteiger partial charge in [-0.1, -0.05) is 48.6 Å². The van der Waals surface area contributed by atoms with Crippen LogP contribution in [0.2, 0.25) is 0 Å². The van der Waals surface area contributed by atoms with Crippen LogP contribution >= 0.6 is 0 Å². The maximum absolute atomic E-state index is 6.03. The first-order chi connectivity index (χ1) is 10.7. The molecule has 4 rings (SSSR count). The van der Waals surface area contributed by atoms with Crippen LogP contribution in [0.5, 0.6) is 11.5 Å². The van der Waals surface area contributed by atoms with Crippen LogP contribution in [0, 0.1) is 0 Å². The molecule has 2 aromatic carbocycles. The second-order valence-electron chi connectivity index (χ2n) is 5.91. The topological polar surface area (TPSA) is 18.5 Å². The summed E-state index contributed by atoms with van der Waals surface area (Å²) in [7, 11) is 0.252. The third kappa shape index (κ3) is 2.20. The van der Waals surface area contributed by atoms with E-state index in [-0.39, 0.29) is 17.7 Å². The zero-order valence-corrected chi connectivity index (χ0v) is 13.7. The predicted molar refractivity (Wildman–Crippen MR) is 93.6 cm³/mol. The molecule has 0 saturated heterocycles. The first kappa shape index (κ1) is 13.8. The van der Waals surface area contributed by atoms with Crippen molar-refractivity contribution in [3.05, 3.63) is 58.7 Å². The van der Waals surface area contributed by atoms with Crippen LogP contribution in [0.25, 0.3) is 12.2 Å². The lowest BCUT2D eigenvalue weighted by Crippen LogP contribution is -2.15. The highest BCUT2D eigenvalue weighted by Gasteiger charge is 2.31. The molecule has 2 aromatic rings. The molecule has 2 aliphatic rings. The second kappa shape index (κ2) is 5.40. The number of fused-ring (bicyclic) bond motifs is 2. The third-order valence-electron chi connectivity index (χ3n) is 4.37.